The van der Waals surface area contributed by atoms with Crippen molar-refractivity contribution in [2.75, 3.05) is 31.6 Å². The molecule has 0 aliphatic carbocycles. The van der Waals surface area contributed by atoms with Crippen LogP contribution in [-0.2, 0) is 6.54 Å². The zero-order valence-electron chi connectivity index (χ0n) is 16.8. The number of halogens is 1. The Kier molecular flexibility index (Phi) is 6.99. The normalized spacial score (nSPS) is 16.6. The number of guanidine groups is 1. The predicted octanol–water partition coefficient (Wildman–Crippen LogP) is 1.91. The summed E-state index contributed by atoms with van der Waals surface area (Å²) in [7, 11) is 1.61. The first kappa shape index (κ1) is 20.6. The second-order valence-electron chi connectivity index (χ2n) is 6.86. The van der Waals surface area contributed by atoms with Crippen LogP contribution in [0.3, 0.4) is 0 Å². The lowest BCUT2D eigenvalue weighted by Gasteiger charge is -2.20. The van der Waals surface area contributed by atoms with Gasteiger partial charge in [-0.3, -0.25) is 4.79 Å². The Labute approximate surface area is 170 Å². The fourth-order valence-corrected chi connectivity index (χ4v) is 3.32. The fraction of sp³-hybridized carbons (Fsp3) is 0.381. The molecule has 0 radical (unpaired) electrons. The van der Waals surface area contributed by atoms with Crippen LogP contribution in [0.15, 0.2) is 47.6 Å². The molecule has 154 valence electrons. The molecule has 8 heteroatoms. The molecule has 0 saturated carbocycles. The van der Waals surface area contributed by atoms with Crippen molar-refractivity contribution >= 4 is 17.7 Å². The van der Waals surface area contributed by atoms with Crippen molar-refractivity contribution in [2.45, 2.75) is 25.9 Å². The molecule has 29 heavy (non-hydrogen) atoms. The van der Waals surface area contributed by atoms with Gasteiger partial charge in [-0.25, -0.2) is 14.4 Å². The highest BCUT2D eigenvalue weighted by atomic mass is 19.1. The number of hydrogen-bond acceptors (Lipinski definition) is 4. The van der Waals surface area contributed by atoms with Crippen molar-refractivity contribution in [3.63, 3.8) is 0 Å². The monoisotopic (exact) mass is 398 g/mol. The molecule has 1 aromatic heterocycles. The van der Waals surface area contributed by atoms with E-state index in [2.05, 4.69) is 25.9 Å². The van der Waals surface area contributed by atoms with E-state index in [1.807, 2.05) is 30.0 Å². The molecular weight excluding hydrogens is 371 g/mol. The van der Waals surface area contributed by atoms with Gasteiger partial charge in [0.2, 0.25) is 0 Å². The number of nitrogens with zero attached hydrogens (tertiary/aromatic N) is 3. The minimum Gasteiger partial charge on any atom is -0.357 e. The lowest BCUT2D eigenvalue weighted by Crippen LogP contribution is -2.44. The first-order valence-corrected chi connectivity index (χ1v) is 9.82. The summed E-state index contributed by atoms with van der Waals surface area (Å²) in [6, 6.07) is 10.6. The Morgan fingerprint density at radius 3 is 2.97 bits per heavy atom. The molecule has 0 spiro atoms. The van der Waals surface area contributed by atoms with Gasteiger partial charge in [0.15, 0.2) is 17.6 Å². The summed E-state index contributed by atoms with van der Waals surface area (Å²) in [5, 5.41) is 9.30. The van der Waals surface area contributed by atoms with Crippen LogP contribution in [-0.4, -0.2) is 49.6 Å². The number of pyridine rings is 1. The van der Waals surface area contributed by atoms with Crippen LogP contribution in [0.1, 0.15) is 29.3 Å². The van der Waals surface area contributed by atoms with Gasteiger partial charge in [-0.2, -0.15) is 0 Å². The van der Waals surface area contributed by atoms with Crippen molar-refractivity contribution in [1.82, 2.24) is 20.9 Å². The number of nitrogens with one attached hydrogen (secondary N) is 3. The lowest BCUT2D eigenvalue weighted by molar-refractivity contribution is 0.0963. The molecule has 3 rings (SSSR count). The van der Waals surface area contributed by atoms with E-state index in [9.17, 15) is 9.18 Å². The molecule has 1 aliphatic rings. The van der Waals surface area contributed by atoms with Crippen LogP contribution in [0.25, 0.3) is 0 Å². The molecule has 1 saturated heterocycles. The van der Waals surface area contributed by atoms with Gasteiger partial charge < -0.3 is 20.9 Å². The van der Waals surface area contributed by atoms with E-state index in [4.69, 9.17) is 0 Å². The van der Waals surface area contributed by atoms with Crippen LogP contribution in [0.2, 0.25) is 0 Å². The molecule has 0 bridgehead atoms. The van der Waals surface area contributed by atoms with Crippen molar-refractivity contribution in [3.8, 4) is 0 Å². The van der Waals surface area contributed by atoms with E-state index in [0.717, 1.165) is 25.1 Å². The van der Waals surface area contributed by atoms with Crippen LogP contribution < -0.4 is 20.9 Å². The van der Waals surface area contributed by atoms with Crippen molar-refractivity contribution in [3.05, 3.63) is 59.5 Å². The highest BCUT2D eigenvalue weighted by Crippen LogP contribution is 2.20. The predicted molar refractivity (Wildman–Crippen MR) is 113 cm³/mol. The van der Waals surface area contributed by atoms with Gasteiger partial charge in [0.1, 0.15) is 0 Å². The first-order valence-electron chi connectivity index (χ1n) is 9.82. The molecule has 1 fully saturated rings. The highest BCUT2D eigenvalue weighted by Gasteiger charge is 2.25. The highest BCUT2D eigenvalue weighted by molar-refractivity contribution is 5.94. The smallest absolute Gasteiger partial charge is 0.251 e. The fourth-order valence-electron chi connectivity index (χ4n) is 3.32. The summed E-state index contributed by atoms with van der Waals surface area (Å²) in [5.41, 5.74) is 1.56. The Bertz CT molecular complexity index is 872. The third-order valence-electron chi connectivity index (χ3n) is 4.75. The van der Waals surface area contributed by atoms with E-state index in [1.54, 1.807) is 25.4 Å². The number of amides is 1. The molecule has 1 aliphatic heterocycles. The standard InChI is InChI=1S/C21H27FN6O/c1-3-24-21(26-13-15-6-4-7-16(12-15)20(29)23-2)27-17-9-11-28(14-17)19-18(22)8-5-10-25-19/h4-8,10,12,17H,3,9,11,13-14H2,1-2H3,(H,23,29)(H2,24,26,27). The zero-order chi connectivity index (χ0) is 20.6. The Morgan fingerprint density at radius 1 is 1.34 bits per heavy atom. The number of anilines is 1. The number of hydrogen-bond donors (Lipinski definition) is 3. The molecule has 2 heterocycles. The molecule has 1 amide bonds. The average molecular weight is 398 g/mol. The summed E-state index contributed by atoms with van der Waals surface area (Å²) >= 11 is 0. The minimum atomic E-state index is -0.301. The van der Waals surface area contributed by atoms with E-state index in [1.165, 1.54) is 6.07 Å². The summed E-state index contributed by atoms with van der Waals surface area (Å²) < 4.78 is 14.0. The largest absolute Gasteiger partial charge is 0.357 e. The third-order valence-corrected chi connectivity index (χ3v) is 4.75. The SMILES string of the molecule is CCNC(=NCc1cccc(C(=O)NC)c1)NC1CCN(c2ncccc2F)C1. The summed E-state index contributed by atoms with van der Waals surface area (Å²) in [4.78, 5) is 22.6. The van der Waals surface area contributed by atoms with Crippen LogP contribution >= 0.6 is 0 Å². The molecular formula is C21H27FN6O. The van der Waals surface area contributed by atoms with Crippen molar-refractivity contribution in [2.24, 2.45) is 4.99 Å². The van der Waals surface area contributed by atoms with Gasteiger partial charge in [0.05, 0.1) is 6.54 Å². The second-order valence-corrected chi connectivity index (χ2v) is 6.86. The maximum absolute atomic E-state index is 14.0. The molecule has 1 atom stereocenters. The first-order chi connectivity index (χ1) is 14.1. The molecule has 1 aromatic carbocycles. The van der Waals surface area contributed by atoms with Crippen molar-refractivity contribution < 1.29 is 9.18 Å². The Morgan fingerprint density at radius 2 is 2.21 bits per heavy atom. The topological polar surface area (TPSA) is 81.6 Å². The maximum Gasteiger partial charge on any atom is 0.251 e. The zero-order valence-corrected chi connectivity index (χ0v) is 16.8. The van der Waals surface area contributed by atoms with E-state index < -0.39 is 0 Å². The van der Waals surface area contributed by atoms with E-state index in [0.29, 0.717) is 30.4 Å². The van der Waals surface area contributed by atoms with Crippen LogP contribution in [0, 0.1) is 5.82 Å². The Balaban J connectivity index is 1.63. The molecule has 1 unspecified atom stereocenters. The number of benzene rings is 1. The average Bonchev–Trinajstić information content (AvgIpc) is 3.20. The van der Waals surface area contributed by atoms with Gasteiger partial charge in [-0.15, -0.1) is 0 Å². The number of rotatable bonds is 6. The van der Waals surface area contributed by atoms with Crippen LogP contribution in [0.5, 0.6) is 0 Å². The van der Waals surface area contributed by atoms with Gasteiger partial charge in [-0.1, -0.05) is 12.1 Å². The van der Waals surface area contributed by atoms with Gasteiger partial charge >= 0.3 is 0 Å². The lowest BCUT2D eigenvalue weighted by atomic mass is 10.1. The Hall–Kier alpha value is -3.16. The second kappa shape index (κ2) is 9.86. The minimum absolute atomic E-state index is 0.117. The van der Waals surface area contributed by atoms with Crippen molar-refractivity contribution in [1.29, 1.82) is 0 Å². The van der Waals surface area contributed by atoms with Gasteiger partial charge in [0, 0.05) is 44.5 Å². The van der Waals surface area contributed by atoms with Gasteiger partial charge in [0.25, 0.3) is 5.91 Å². The summed E-state index contributed by atoms with van der Waals surface area (Å²) in [6.07, 6.45) is 2.48. The molecule has 2 aromatic rings. The quantitative estimate of drug-likeness (QED) is 0.512. The number of aromatic nitrogens is 1. The molecule has 3 N–H and O–H groups in total. The summed E-state index contributed by atoms with van der Waals surface area (Å²) in [5.74, 6) is 0.675. The van der Waals surface area contributed by atoms with E-state index in [-0.39, 0.29) is 17.8 Å². The number of carbonyl (C=O) groups is 1. The number of aliphatic imine (C=N–C) groups is 1. The van der Waals surface area contributed by atoms with E-state index >= 15 is 0 Å². The maximum atomic E-state index is 14.0. The third kappa shape index (κ3) is 5.43. The molecule has 7 nitrogen and oxygen atoms in total. The summed E-state index contributed by atoms with van der Waals surface area (Å²) in [6.45, 7) is 4.58. The number of carbonyl (C=O) groups excluding carboxylic acids is 1. The van der Waals surface area contributed by atoms with Crippen LogP contribution in [0.4, 0.5) is 10.2 Å². The van der Waals surface area contributed by atoms with Gasteiger partial charge in [-0.05, 0) is 43.2 Å².